The van der Waals surface area contributed by atoms with Crippen LogP contribution < -0.4 is 10.1 Å². The van der Waals surface area contributed by atoms with Gasteiger partial charge in [0, 0.05) is 22.7 Å². The van der Waals surface area contributed by atoms with Gasteiger partial charge in [0.25, 0.3) is 0 Å². The Bertz CT molecular complexity index is 375. The average Bonchev–Trinajstić information content (AvgIpc) is 2.82. The molecule has 1 aromatic heterocycles. The average molecular weight is 251 g/mol. The fourth-order valence-electron chi connectivity index (χ4n) is 1.63. The largest absolute Gasteiger partial charge is 0.496 e. The first-order chi connectivity index (χ1) is 8.31. The normalized spacial score (nSPS) is 11.7. The van der Waals surface area contributed by atoms with E-state index in [1.807, 2.05) is 6.92 Å². The highest BCUT2D eigenvalue weighted by molar-refractivity contribution is 7.10. The van der Waals surface area contributed by atoms with Gasteiger partial charge < -0.3 is 10.1 Å². The summed E-state index contributed by atoms with van der Waals surface area (Å²) in [4.78, 5) is 1.34. The summed E-state index contributed by atoms with van der Waals surface area (Å²) in [7, 11) is 1.71. The lowest BCUT2D eigenvalue weighted by atomic mass is 10.1. The molecule has 1 N–H and O–H groups in total. The van der Waals surface area contributed by atoms with Gasteiger partial charge in [0.1, 0.15) is 5.75 Å². The molecule has 0 radical (unpaired) electrons. The Balaban J connectivity index is 2.62. The van der Waals surface area contributed by atoms with E-state index in [-0.39, 0.29) is 0 Å². The van der Waals surface area contributed by atoms with Crippen molar-refractivity contribution in [3.05, 3.63) is 16.3 Å². The van der Waals surface area contributed by atoms with Crippen LogP contribution in [0.15, 0.2) is 11.4 Å². The molecule has 0 aromatic carbocycles. The van der Waals surface area contributed by atoms with Crippen LogP contribution in [0.5, 0.6) is 5.75 Å². The monoisotopic (exact) mass is 251 g/mol. The summed E-state index contributed by atoms with van der Waals surface area (Å²) < 4.78 is 5.23. The molecule has 0 aliphatic rings. The molecular weight excluding hydrogens is 230 g/mol. The molecule has 0 aliphatic heterocycles. The Labute approximate surface area is 108 Å². The van der Waals surface area contributed by atoms with E-state index >= 15 is 0 Å². The number of methoxy groups -OCH3 is 1. The lowest BCUT2D eigenvalue weighted by molar-refractivity contribution is 0.415. The van der Waals surface area contributed by atoms with Crippen LogP contribution in [0.1, 0.15) is 44.0 Å². The van der Waals surface area contributed by atoms with Crippen molar-refractivity contribution in [1.82, 2.24) is 5.32 Å². The first kappa shape index (κ1) is 14.1. The van der Waals surface area contributed by atoms with Crippen LogP contribution in [0.3, 0.4) is 0 Å². The first-order valence-corrected chi connectivity index (χ1v) is 6.95. The quantitative estimate of drug-likeness (QED) is 0.748. The zero-order valence-corrected chi connectivity index (χ0v) is 11.7. The minimum absolute atomic E-state index is 0.407. The zero-order chi connectivity index (χ0) is 12.5. The van der Waals surface area contributed by atoms with Crippen LogP contribution in [0.25, 0.3) is 0 Å². The van der Waals surface area contributed by atoms with Gasteiger partial charge in [-0.15, -0.1) is 23.2 Å². The van der Waals surface area contributed by atoms with Crippen LogP contribution in [0.4, 0.5) is 0 Å². The number of thiophene rings is 1. The summed E-state index contributed by atoms with van der Waals surface area (Å²) in [5.41, 5.74) is 0. The van der Waals surface area contributed by atoms with Crippen molar-refractivity contribution in [2.24, 2.45) is 0 Å². The van der Waals surface area contributed by atoms with Crippen molar-refractivity contribution < 1.29 is 4.74 Å². The van der Waals surface area contributed by atoms with Crippen molar-refractivity contribution >= 4 is 11.3 Å². The van der Waals surface area contributed by atoms with Gasteiger partial charge in [0.05, 0.1) is 7.11 Å². The number of ether oxygens (including phenoxy) is 1. The second-order valence-corrected chi connectivity index (χ2v) is 4.80. The molecule has 0 spiro atoms. The Kier molecular flexibility index (Phi) is 6.76. The molecule has 1 unspecified atom stereocenters. The molecule has 3 heteroatoms. The lowest BCUT2D eigenvalue weighted by Gasteiger charge is -2.15. The van der Waals surface area contributed by atoms with E-state index in [0.29, 0.717) is 6.04 Å². The van der Waals surface area contributed by atoms with E-state index in [1.165, 1.54) is 4.88 Å². The van der Waals surface area contributed by atoms with Gasteiger partial charge >= 0.3 is 0 Å². The van der Waals surface area contributed by atoms with E-state index < -0.39 is 0 Å². The fraction of sp³-hybridized carbons (Fsp3) is 0.571. The van der Waals surface area contributed by atoms with Crippen molar-refractivity contribution in [1.29, 1.82) is 0 Å². The molecule has 0 saturated carbocycles. The SMILES string of the molecule is CC#CCCC(NCCC)c1cc(OC)cs1. The third-order valence-corrected chi connectivity index (χ3v) is 3.58. The van der Waals surface area contributed by atoms with E-state index in [2.05, 4.69) is 35.5 Å². The molecule has 0 fully saturated rings. The van der Waals surface area contributed by atoms with E-state index in [9.17, 15) is 0 Å². The van der Waals surface area contributed by atoms with E-state index in [4.69, 9.17) is 4.74 Å². The highest BCUT2D eigenvalue weighted by Gasteiger charge is 2.12. The number of hydrogen-bond acceptors (Lipinski definition) is 3. The first-order valence-electron chi connectivity index (χ1n) is 6.07. The van der Waals surface area contributed by atoms with Gasteiger partial charge in [-0.2, -0.15) is 0 Å². The van der Waals surface area contributed by atoms with Crippen LogP contribution in [0, 0.1) is 11.8 Å². The van der Waals surface area contributed by atoms with Gasteiger partial charge in [0.2, 0.25) is 0 Å². The molecule has 0 saturated heterocycles. The third kappa shape index (κ3) is 4.80. The highest BCUT2D eigenvalue weighted by Crippen LogP contribution is 2.29. The summed E-state index contributed by atoms with van der Waals surface area (Å²) in [6.07, 6.45) is 3.15. The predicted octanol–water partition coefficient (Wildman–Crippen LogP) is 3.60. The maximum Gasteiger partial charge on any atom is 0.129 e. The molecule has 0 aliphatic carbocycles. The van der Waals surface area contributed by atoms with Gasteiger partial charge in [0.15, 0.2) is 0 Å². The van der Waals surface area contributed by atoms with E-state index in [0.717, 1.165) is 31.6 Å². The molecule has 1 atom stereocenters. The smallest absolute Gasteiger partial charge is 0.129 e. The molecule has 0 bridgehead atoms. The maximum absolute atomic E-state index is 5.23. The minimum Gasteiger partial charge on any atom is -0.496 e. The number of hydrogen-bond donors (Lipinski definition) is 1. The summed E-state index contributed by atoms with van der Waals surface area (Å²) >= 11 is 1.76. The van der Waals surface area contributed by atoms with Gasteiger partial charge in [-0.1, -0.05) is 6.92 Å². The van der Waals surface area contributed by atoms with Crippen molar-refractivity contribution in [2.45, 2.75) is 39.2 Å². The second kappa shape index (κ2) is 8.16. The molecule has 1 heterocycles. The van der Waals surface area contributed by atoms with Crippen LogP contribution in [-0.2, 0) is 0 Å². The zero-order valence-electron chi connectivity index (χ0n) is 10.9. The molecule has 1 rings (SSSR count). The Morgan fingerprint density at radius 2 is 2.35 bits per heavy atom. The van der Waals surface area contributed by atoms with Crippen molar-refractivity contribution in [3.63, 3.8) is 0 Å². The van der Waals surface area contributed by atoms with Crippen molar-refractivity contribution in [2.75, 3.05) is 13.7 Å². The van der Waals surface area contributed by atoms with Crippen molar-refractivity contribution in [3.8, 4) is 17.6 Å². The lowest BCUT2D eigenvalue weighted by Crippen LogP contribution is -2.21. The predicted molar refractivity (Wildman–Crippen MR) is 74.6 cm³/mol. The van der Waals surface area contributed by atoms with Crippen LogP contribution in [0.2, 0.25) is 0 Å². The van der Waals surface area contributed by atoms with Gasteiger partial charge in [-0.3, -0.25) is 0 Å². The molecular formula is C14H21NOS. The highest BCUT2D eigenvalue weighted by atomic mass is 32.1. The standard InChI is InChI=1S/C14H21NOS/c1-4-6-7-8-13(15-9-5-2)14-10-12(16-3)11-17-14/h10-11,13,15H,5,7-9H2,1-3H3. The maximum atomic E-state index is 5.23. The van der Waals surface area contributed by atoms with Crippen LogP contribution in [-0.4, -0.2) is 13.7 Å². The molecule has 0 amide bonds. The molecule has 2 nitrogen and oxygen atoms in total. The number of nitrogens with one attached hydrogen (secondary N) is 1. The van der Waals surface area contributed by atoms with Crippen LogP contribution >= 0.6 is 11.3 Å². The van der Waals surface area contributed by atoms with E-state index in [1.54, 1.807) is 18.4 Å². The molecule has 17 heavy (non-hydrogen) atoms. The van der Waals surface area contributed by atoms with Gasteiger partial charge in [-0.25, -0.2) is 0 Å². The summed E-state index contributed by atoms with van der Waals surface area (Å²) in [5.74, 6) is 7.03. The fourth-order valence-corrected chi connectivity index (χ4v) is 2.60. The number of rotatable bonds is 7. The Morgan fingerprint density at radius 3 is 2.94 bits per heavy atom. The Morgan fingerprint density at radius 1 is 1.53 bits per heavy atom. The molecule has 1 aromatic rings. The Hall–Kier alpha value is -0.980. The second-order valence-electron chi connectivity index (χ2n) is 3.86. The third-order valence-electron chi connectivity index (χ3n) is 2.55. The van der Waals surface area contributed by atoms with Gasteiger partial charge in [-0.05, 0) is 32.4 Å². The summed E-state index contributed by atoms with van der Waals surface area (Å²) in [5, 5.41) is 5.63. The minimum atomic E-state index is 0.407. The molecule has 94 valence electrons. The summed E-state index contributed by atoms with van der Waals surface area (Å²) in [6, 6.07) is 2.53. The summed E-state index contributed by atoms with van der Waals surface area (Å²) in [6.45, 7) is 5.12. The topological polar surface area (TPSA) is 21.3 Å².